The van der Waals surface area contributed by atoms with E-state index in [1.54, 1.807) is 12.1 Å². The van der Waals surface area contributed by atoms with Crippen molar-refractivity contribution in [3.8, 4) is 11.3 Å². The zero-order chi connectivity index (χ0) is 16.5. The number of amides is 1. The number of fused-ring (bicyclic) bond motifs is 2. The van der Waals surface area contributed by atoms with Crippen LogP contribution in [0, 0.1) is 0 Å². The van der Waals surface area contributed by atoms with E-state index < -0.39 is 0 Å². The minimum absolute atomic E-state index is 0.157. The Bertz CT molecular complexity index is 788. The van der Waals surface area contributed by atoms with Crippen LogP contribution in [0.1, 0.15) is 36.0 Å². The van der Waals surface area contributed by atoms with Gasteiger partial charge >= 0.3 is 0 Å². The second-order valence-electron chi connectivity index (χ2n) is 6.76. The number of H-pyrrole nitrogens is 1. The summed E-state index contributed by atoms with van der Waals surface area (Å²) >= 11 is 0. The predicted molar refractivity (Wildman–Crippen MR) is 92.9 cm³/mol. The van der Waals surface area contributed by atoms with Crippen LogP contribution in [0.3, 0.4) is 0 Å². The number of carbonyl (C=O) groups is 1. The van der Waals surface area contributed by atoms with Gasteiger partial charge in [0, 0.05) is 23.8 Å². The quantitative estimate of drug-likeness (QED) is 0.809. The van der Waals surface area contributed by atoms with Gasteiger partial charge < -0.3 is 15.6 Å². The summed E-state index contributed by atoms with van der Waals surface area (Å²) in [4.78, 5) is 27.6. The van der Waals surface area contributed by atoms with Gasteiger partial charge in [0.1, 0.15) is 5.56 Å². The number of piperidine rings is 1. The molecule has 2 saturated heterocycles. The number of hydrogen-bond donors (Lipinski definition) is 3. The molecule has 2 aromatic rings. The third-order valence-electron chi connectivity index (χ3n) is 5.05. The Labute approximate surface area is 140 Å². The molecule has 0 radical (unpaired) electrons. The van der Waals surface area contributed by atoms with E-state index in [9.17, 15) is 9.59 Å². The second kappa shape index (κ2) is 6.24. The molecule has 2 unspecified atom stereocenters. The summed E-state index contributed by atoms with van der Waals surface area (Å²) < 4.78 is 0. The third kappa shape index (κ3) is 2.99. The van der Waals surface area contributed by atoms with Gasteiger partial charge in [-0.05, 0) is 43.4 Å². The standard InChI is InChI=1S/C19H21N3O2/c23-18(21-15-10-13-6-7-14(11-15)20-13)16-8-9-17(22-19(16)24)12-4-2-1-3-5-12/h1-5,8-9,13-15,20H,6-7,10-11H2,(H,21,23)(H,22,24). The highest BCUT2D eigenvalue weighted by Gasteiger charge is 2.34. The van der Waals surface area contributed by atoms with Crippen LogP contribution in [0.5, 0.6) is 0 Å². The molecule has 1 aromatic carbocycles. The van der Waals surface area contributed by atoms with Crippen molar-refractivity contribution in [3.05, 3.63) is 58.4 Å². The van der Waals surface area contributed by atoms with Crippen molar-refractivity contribution in [3.63, 3.8) is 0 Å². The first kappa shape index (κ1) is 15.1. The first-order valence-electron chi connectivity index (χ1n) is 8.55. The van der Waals surface area contributed by atoms with Crippen LogP contribution in [-0.4, -0.2) is 29.0 Å². The summed E-state index contributed by atoms with van der Waals surface area (Å²) in [6, 6.07) is 14.2. The largest absolute Gasteiger partial charge is 0.349 e. The Morgan fingerprint density at radius 2 is 1.71 bits per heavy atom. The zero-order valence-corrected chi connectivity index (χ0v) is 13.4. The van der Waals surface area contributed by atoms with E-state index in [4.69, 9.17) is 0 Å². The van der Waals surface area contributed by atoms with E-state index in [0.717, 1.165) is 24.1 Å². The molecular weight excluding hydrogens is 302 g/mol. The van der Waals surface area contributed by atoms with Crippen LogP contribution in [0.25, 0.3) is 11.3 Å². The van der Waals surface area contributed by atoms with Gasteiger partial charge in [0.05, 0.1) is 0 Å². The highest BCUT2D eigenvalue weighted by molar-refractivity contribution is 5.94. The summed E-state index contributed by atoms with van der Waals surface area (Å²) in [5.74, 6) is -0.276. The number of hydrogen-bond acceptors (Lipinski definition) is 3. The third-order valence-corrected chi connectivity index (χ3v) is 5.05. The maximum Gasteiger partial charge on any atom is 0.261 e. The fourth-order valence-corrected chi connectivity index (χ4v) is 3.88. The van der Waals surface area contributed by atoms with E-state index in [1.807, 2.05) is 30.3 Å². The lowest BCUT2D eigenvalue weighted by Gasteiger charge is -2.29. The molecule has 24 heavy (non-hydrogen) atoms. The number of rotatable bonds is 3. The Morgan fingerprint density at radius 3 is 2.38 bits per heavy atom. The van der Waals surface area contributed by atoms with Gasteiger partial charge in [-0.3, -0.25) is 9.59 Å². The zero-order valence-electron chi connectivity index (χ0n) is 13.4. The average molecular weight is 323 g/mol. The summed E-state index contributed by atoms with van der Waals surface area (Å²) in [5.41, 5.74) is 1.49. The van der Waals surface area contributed by atoms with Gasteiger partial charge in [0.15, 0.2) is 0 Å². The van der Waals surface area contributed by atoms with Crippen molar-refractivity contribution in [1.29, 1.82) is 0 Å². The highest BCUT2D eigenvalue weighted by atomic mass is 16.2. The summed E-state index contributed by atoms with van der Waals surface area (Å²) in [6.07, 6.45) is 4.26. The van der Waals surface area contributed by atoms with Crippen molar-refractivity contribution < 1.29 is 4.79 Å². The van der Waals surface area contributed by atoms with Crippen molar-refractivity contribution in [2.45, 2.75) is 43.8 Å². The number of benzene rings is 1. The molecule has 5 heteroatoms. The minimum atomic E-state index is -0.342. The average Bonchev–Trinajstić information content (AvgIpc) is 2.94. The van der Waals surface area contributed by atoms with E-state index in [-0.39, 0.29) is 23.1 Å². The van der Waals surface area contributed by atoms with Gasteiger partial charge in [-0.25, -0.2) is 0 Å². The smallest absolute Gasteiger partial charge is 0.261 e. The van der Waals surface area contributed by atoms with Crippen LogP contribution in [0.4, 0.5) is 0 Å². The van der Waals surface area contributed by atoms with Gasteiger partial charge in [-0.2, -0.15) is 0 Å². The number of nitrogens with one attached hydrogen (secondary N) is 3. The molecule has 0 saturated carbocycles. The summed E-state index contributed by atoms with van der Waals surface area (Å²) in [7, 11) is 0. The van der Waals surface area contributed by atoms with Gasteiger partial charge in [0.25, 0.3) is 11.5 Å². The molecule has 2 fully saturated rings. The molecule has 1 amide bonds. The molecular formula is C19H21N3O2. The van der Waals surface area contributed by atoms with Gasteiger partial charge in [-0.15, -0.1) is 0 Å². The highest BCUT2D eigenvalue weighted by Crippen LogP contribution is 2.26. The fraction of sp³-hybridized carbons (Fsp3) is 0.368. The number of aromatic amines is 1. The Hall–Kier alpha value is -2.40. The molecule has 3 N–H and O–H groups in total. The van der Waals surface area contributed by atoms with Crippen LogP contribution in [-0.2, 0) is 0 Å². The molecule has 2 aliphatic heterocycles. The summed E-state index contributed by atoms with van der Waals surface area (Å²) in [5, 5.41) is 6.59. The second-order valence-corrected chi connectivity index (χ2v) is 6.76. The normalized spacial score (nSPS) is 25.4. The van der Waals surface area contributed by atoms with Crippen molar-refractivity contribution in [1.82, 2.24) is 15.6 Å². The lowest BCUT2D eigenvalue weighted by Crippen LogP contribution is -2.48. The van der Waals surface area contributed by atoms with E-state index in [1.165, 1.54) is 12.8 Å². The lowest BCUT2D eigenvalue weighted by molar-refractivity contribution is 0.0922. The van der Waals surface area contributed by atoms with Gasteiger partial charge in [-0.1, -0.05) is 30.3 Å². The van der Waals surface area contributed by atoms with Crippen LogP contribution in [0.2, 0.25) is 0 Å². The van der Waals surface area contributed by atoms with E-state index in [0.29, 0.717) is 12.1 Å². The fourth-order valence-electron chi connectivity index (χ4n) is 3.88. The maximum absolute atomic E-state index is 12.5. The first-order valence-corrected chi connectivity index (χ1v) is 8.55. The molecule has 124 valence electrons. The van der Waals surface area contributed by atoms with E-state index >= 15 is 0 Å². The van der Waals surface area contributed by atoms with Crippen molar-refractivity contribution in [2.24, 2.45) is 0 Å². The van der Waals surface area contributed by atoms with Crippen LogP contribution in [0.15, 0.2) is 47.3 Å². The molecule has 0 spiro atoms. The van der Waals surface area contributed by atoms with Crippen molar-refractivity contribution in [2.75, 3.05) is 0 Å². The monoisotopic (exact) mass is 323 g/mol. The Balaban J connectivity index is 1.50. The first-order chi connectivity index (χ1) is 11.7. The van der Waals surface area contributed by atoms with E-state index in [2.05, 4.69) is 15.6 Å². The number of carbonyl (C=O) groups excluding carboxylic acids is 1. The molecule has 5 nitrogen and oxygen atoms in total. The maximum atomic E-state index is 12.5. The van der Waals surface area contributed by atoms with Gasteiger partial charge in [0.2, 0.25) is 0 Å². The predicted octanol–water partition coefficient (Wildman–Crippen LogP) is 2.05. The van der Waals surface area contributed by atoms with Crippen molar-refractivity contribution >= 4 is 5.91 Å². The molecule has 1 aromatic heterocycles. The van der Waals surface area contributed by atoms with Crippen LogP contribution >= 0.6 is 0 Å². The Morgan fingerprint density at radius 1 is 1.00 bits per heavy atom. The molecule has 4 rings (SSSR count). The lowest BCUT2D eigenvalue weighted by atomic mass is 9.99. The summed E-state index contributed by atoms with van der Waals surface area (Å²) in [6.45, 7) is 0. The molecule has 2 atom stereocenters. The molecule has 2 aliphatic rings. The molecule has 3 heterocycles. The molecule has 0 aliphatic carbocycles. The van der Waals surface area contributed by atoms with Crippen LogP contribution < -0.4 is 16.2 Å². The Kier molecular flexibility index (Phi) is 3.94. The topological polar surface area (TPSA) is 74.0 Å². The number of aromatic nitrogens is 1. The number of pyridine rings is 1. The minimum Gasteiger partial charge on any atom is -0.349 e. The SMILES string of the molecule is O=C(NC1CC2CCC(C1)N2)c1ccc(-c2ccccc2)[nH]c1=O. The molecule has 2 bridgehead atoms.